The van der Waals surface area contributed by atoms with Gasteiger partial charge in [-0.1, -0.05) is 17.7 Å². The third-order valence-corrected chi connectivity index (χ3v) is 3.77. The summed E-state index contributed by atoms with van der Waals surface area (Å²) in [6.07, 6.45) is -3.21. The molecule has 2 nitrogen and oxygen atoms in total. The number of thioether (sulfide) groups is 1. The molecule has 1 rings (SSSR count). The van der Waals surface area contributed by atoms with Crippen molar-refractivity contribution in [2.45, 2.75) is 30.5 Å². The zero-order chi connectivity index (χ0) is 15.2. The predicted molar refractivity (Wildman–Crippen MR) is 73.7 cm³/mol. The summed E-state index contributed by atoms with van der Waals surface area (Å²) in [5.74, 6) is -0.525. The maximum atomic E-state index is 12.9. The van der Waals surface area contributed by atoms with Crippen LogP contribution in [0, 0.1) is 6.92 Å². The lowest BCUT2D eigenvalue weighted by Gasteiger charge is -2.26. The second-order valence-electron chi connectivity index (χ2n) is 4.28. The standard InChI is InChI=1S/C14H17F3O2S/c1-3-19-9-8-13(18,14(15,16)17)10-20-12-6-4-11(2)5-7-12/h4-9,18H,3,10H2,1-2H3/b9-8+/t13-/m1/s1. The van der Waals surface area contributed by atoms with Gasteiger partial charge in [-0.3, -0.25) is 0 Å². The van der Waals surface area contributed by atoms with Crippen LogP contribution >= 0.6 is 11.8 Å². The van der Waals surface area contributed by atoms with E-state index in [1.54, 1.807) is 19.1 Å². The van der Waals surface area contributed by atoms with Gasteiger partial charge in [-0.05, 0) is 32.1 Å². The highest BCUT2D eigenvalue weighted by molar-refractivity contribution is 7.99. The molecule has 0 saturated carbocycles. The Balaban J connectivity index is 2.77. The molecule has 20 heavy (non-hydrogen) atoms. The molecule has 0 aliphatic heterocycles. The van der Waals surface area contributed by atoms with E-state index in [2.05, 4.69) is 0 Å². The molecule has 0 fully saturated rings. The van der Waals surface area contributed by atoms with Crippen molar-refractivity contribution in [1.29, 1.82) is 0 Å². The Morgan fingerprint density at radius 2 is 1.85 bits per heavy atom. The van der Waals surface area contributed by atoms with Gasteiger partial charge < -0.3 is 9.84 Å². The van der Waals surface area contributed by atoms with Crippen LogP contribution < -0.4 is 0 Å². The maximum Gasteiger partial charge on any atom is 0.421 e. The van der Waals surface area contributed by atoms with E-state index in [-0.39, 0.29) is 6.61 Å². The van der Waals surface area contributed by atoms with E-state index in [1.807, 2.05) is 19.1 Å². The van der Waals surface area contributed by atoms with E-state index in [0.29, 0.717) is 11.0 Å². The highest BCUT2D eigenvalue weighted by Crippen LogP contribution is 2.36. The fraction of sp³-hybridized carbons (Fsp3) is 0.429. The lowest BCUT2D eigenvalue weighted by atomic mass is 10.1. The molecule has 0 aromatic heterocycles. The van der Waals surface area contributed by atoms with Crippen molar-refractivity contribution in [1.82, 2.24) is 0 Å². The van der Waals surface area contributed by atoms with Crippen LogP contribution in [-0.4, -0.2) is 29.2 Å². The van der Waals surface area contributed by atoms with E-state index in [9.17, 15) is 18.3 Å². The molecule has 1 atom stereocenters. The summed E-state index contributed by atoms with van der Waals surface area (Å²) in [4.78, 5) is 0.670. The topological polar surface area (TPSA) is 29.5 Å². The smallest absolute Gasteiger partial charge is 0.421 e. The number of hydrogen-bond donors (Lipinski definition) is 1. The van der Waals surface area contributed by atoms with Gasteiger partial charge in [0.15, 0.2) is 5.60 Å². The fourth-order valence-electron chi connectivity index (χ4n) is 1.31. The monoisotopic (exact) mass is 306 g/mol. The first-order chi connectivity index (χ1) is 9.28. The normalized spacial score (nSPS) is 15.3. The summed E-state index contributed by atoms with van der Waals surface area (Å²) in [5.41, 5.74) is -1.88. The molecule has 0 unspecified atom stereocenters. The number of alkyl halides is 3. The van der Waals surface area contributed by atoms with Gasteiger partial charge in [0.1, 0.15) is 0 Å². The van der Waals surface area contributed by atoms with Crippen LogP contribution in [0.2, 0.25) is 0 Å². The van der Waals surface area contributed by atoms with E-state index in [4.69, 9.17) is 4.74 Å². The molecule has 112 valence electrons. The minimum absolute atomic E-state index is 0.246. The molecule has 1 aromatic carbocycles. The lowest BCUT2D eigenvalue weighted by molar-refractivity contribution is -0.230. The maximum absolute atomic E-state index is 12.9. The Kier molecular flexibility index (Phi) is 5.95. The summed E-state index contributed by atoms with van der Waals surface area (Å²) in [6.45, 7) is 3.79. The second kappa shape index (κ2) is 7.04. The van der Waals surface area contributed by atoms with Crippen molar-refractivity contribution in [3.63, 3.8) is 0 Å². The molecule has 0 bridgehead atoms. The van der Waals surface area contributed by atoms with Crippen LogP contribution in [0.4, 0.5) is 13.2 Å². The van der Waals surface area contributed by atoms with Gasteiger partial charge >= 0.3 is 6.18 Å². The Morgan fingerprint density at radius 1 is 1.25 bits per heavy atom. The number of ether oxygens (including phenoxy) is 1. The molecule has 1 aromatic rings. The molecule has 6 heteroatoms. The van der Waals surface area contributed by atoms with Gasteiger partial charge in [-0.25, -0.2) is 0 Å². The van der Waals surface area contributed by atoms with E-state index >= 15 is 0 Å². The van der Waals surface area contributed by atoms with E-state index in [0.717, 1.165) is 23.6 Å². The minimum Gasteiger partial charge on any atom is -0.502 e. The third kappa shape index (κ3) is 4.76. The summed E-state index contributed by atoms with van der Waals surface area (Å²) in [6, 6.07) is 7.07. The van der Waals surface area contributed by atoms with Gasteiger partial charge in [-0.2, -0.15) is 13.2 Å². The molecule has 0 aliphatic carbocycles. The average Bonchev–Trinajstić information content (AvgIpc) is 2.37. The van der Waals surface area contributed by atoms with Gasteiger partial charge in [0.05, 0.1) is 12.9 Å². The second-order valence-corrected chi connectivity index (χ2v) is 5.33. The Hall–Kier alpha value is -1.14. The van der Waals surface area contributed by atoms with Crippen LogP contribution in [0.1, 0.15) is 12.5 Å². The van der Waals surface area contributed by atoms with Crippen molar-refractivity contribution in [2.75, 3.05) is 12.4 Å². The van der Waals surface area contributed by atoms with Crippen LogP contribution in [0.5, 0.6) is 0 Å². The molecule has 0 heterocycles. The fourth-order valence-corrected chi connectivity index (χ4v) is 2.28. The molecule has 0 radical (unpaired) electrons. The number of hydrogen-bond acceptors (Lipinski definition) is 3. The minimum atomic E-state index is -4.75. The van der Waals surface area contributed by atoms with Gasteiger partial charge in [0.2, 0.25) is 0 Å². The first kappa shape index (κ1) is 16.9. The molecule has 0 amide bonds. The van der Waals surface area contributed by atoms with Crippen molar-refractivity contribution in [3.8, 4) is 0 Å². The highest BCUT2D eigenvalue weighted by atomic mass is 32.2. The average molecular weight is 306 g/mol. The Bertz CT molecular complexity index is 443. The predicted octanol–water partition coefficient (Wildman–Crippen LogP) is 3.93. The zero-order valence-electron chi connectivity index (χ0n) is 11.3. The van der Waals surface area contributed by atoms with Crippen LogP contribution in [0.3, 0.4) is 0 Å². The number of halogens is 3. The molecular formula is C14H17F3O2S. The van der Waals surface area contributed by atoms with Crippen LogP contribution in [0.25, 0.3) is 0 Å². The summed E-state index contributed by atoms with van der Waals surface area (Å²) < 4.78 is 43.5. The summed E-state index contributed by atoms with van der Waals surface area (Å²) in [5, 5.41) is 9.78. The lowest BCUT2D eigenvalue weighted by Crippen LogP contribution is -2.45. The first-order valence-corrected chi connectivity index (χ1v) is 7.05. The SMILES string of the molecule is CCO/C=C/[C@@](O)(CSc1ccc(C)cc1)C(F)(F)F. The molecule has 0 spiro atoms. The van der Waals surface area contributed by atoms with E-state index < -0.39 is 17.5 Å². The number of benzene rings is 1. The summed E-state index contributed by atoms with van der Waals surface area (Å²) >= 11 is 0.944. The zero-order valence-corrected chi connectivity index (χ0v) is 12.1. The quantitative estimate of drug-likeness (QED) is 0.638. The Labute approximate surface area is 120 Å². The Morgan fingerprint density at radius 3 is 2.35 bits per heavy atom. The van der Waals surface area contributed by atoms with Crippen LogP contribution in [-0.2, 0) is 4.74 Å². The van der Waals surface area contributed by atoms with Crippen LogP contribution in [0.15, 0.2) is 41.5 Å². The highest BCUT2D eigenvalue weighted by Gasteiger charge is 2.52. The van der Waals surface area contributed by atoms with E-state index in [1.165, 1.54) is 0 Å². The number of rotatable bonds is 6. The number of aryl methyl sites for hydroxylation is 1. The van der Waals surface area contributed by atoms with Crippen molar-refractivity contribution in [3.05, 3.63) is 42.2 Å². The van der Waals surface area contributed by atoms with Gasteiger partial charge in [0.25, 0.3) is 0 Å². The largest absolute Gasteiger partial charge is 0.502 e. The first-order valence-electron chi connectivity index (χ1n) is 6.06. The number of aliphatic hydroxyl groups is 1. The van der Waals surface area contributed by atoms with Crippen molar-refractivity contribution >= 4 is 11.8 Å². The summed E-state index contributed by atoms with van der Waals surface area (Å²) in [7, 11) is 0. The third-order valence-electron chi connectivity index (χ3n) is 2.58. The van der Waals surface area contributed by atoms with Gasteiger partial charge in [-0.15, -0.1) is 11.8 Å². The van der Waals surface area contributed by atoms with Gasteiger partial charge in [0, 0.05) is 10.6 Å². The molecule has 1 N–H and O–H groups in total. The molecule has 0 saturated heterocycles. The van der Waals surface area contributed by atoms with Crippen molar-refractivity contribution < 1.29 is 23.0 Å². The molecule has 0 aliphatic rings. The molecular weight excluding hydrogens is 289 g/mol. The van der Waals surface area contributed by atoms with Crippen molar-refractivity contribution in [2.24, 2.45) is 0 Å².